The van der Waals surface area contributed by atoms with Crippen LogP contribution in [-0.2, 0) is 11.8 Å². The van der Waals surface area contributed by atoms with E-state index in [1.54, 1.807) is 0 Å². The second-order valence-corrected chi connectivity index (χ2v) is 11.5. The molecular weight excluding hydrogens is 458 g/mol. The van der Waals surface area contributed by atoms with Crippen molar-refractivity contribution >= 4 is 22.6 Å². The van der Waals surface area contributed by atoms with E-state index < -0.39 is 0 Å². The highest BCUT2D eigenvalue weighted by Crippen LogP contribution is 2.57. The monoisotopic (exact) mass is 487 g/mol. The van der Waals surface area contributed by atoms with Crippen LogP contribution >= 0.6 is 0 Å². The van der Waals surface area contributed by atoms with Crippen molar-refractivity contribution in [3.05, 3.63) is 143 Å². The molecule has 0 saturated heterocycles. The molecule has 38 heavy (non-hydrogen) atoms. The summed E-state index contributed by atoms with van der Waals surface area (Å²) in [7, 11) is 0. The first-order valence-electron chi connectivity index (χ1n) is 13.5. The molecule has 1 aliphatic heterocycles. The molecule has 0 fully saturated rings. The highest BCUT2D eigenvalue weighted by atomic mass is 15.2. The number of hydrogen-bond donors (Lipinski definition) is 0. The van der Waals surface area contributed by atoms with Gasteiger partial charge in [-0.2, -0.15) is 0 Å². The minimum Gasteiger partial charge on any atom is -0.309 e. The minimum atomic E-state index is 0.0151. The summed E-state index contributed by atoms with van der Waals surface area (Å²) in [5.74, 6) is 0. The Morgan fingerprint density at radius 1 is 0.579 bits per heavy atom. The Balaban J connectivity index is 1.37. The molecule has 0 spiro atoms. The van der Waals surface area contributed by atoms with E-state index in [1.165, 1.54) is 78.3 Å². The van der Waals surface area contributed by atoms with Crippen LogP contribution in [0, 0.1) is 6.92 Å². The maximum absolute atomic E-state index is 4.54. The topological polar surface area (TPSA) is 3.24 Å². The number of anilines is 3. The van der Waals surface area contributed by atoms with Crippen molar-refractivity contribution in [1.29, 1.82) is 0 Å². The predicted molar refractivity (Wildman–Crippen MR) is 160 cm³/mol. The van der Waals surface area contributed by atoms with Crippen molar-refractivity contribution < 1.29 is 0 Å². The maximum Gasteiger partial charge on any atom is 0.0543 e. The summed E-state index contributed by atoms with van der Waals surface area (Å²) < 4.78 is 0. The number of benzene rings is 5. The maximum atomic E-state index is 4.54. The van der Waals surface area contributed by atoms with E-state index in [1.807, 2.05) is 0 Å². The first-order chi connectivity index (χ1) is 18.5. The third-order valence-corrected chi connectivity index (χ3v) is 9.16. The van der Waals surface area contributed by atoms with Crippen molar-refractivity contribution in [2.75, 3.05) is 4.90 Å². The Morgan fingerprint density at radius 2 is 1.24 bits per heavy atom. The lowest BCUT2D eigenvalue weighted by atomic mass is 9.82. The number of rotatable bonds is 1. The van der Waals surface area contributed by atoms with Crippen LogP contribution in [0.15, 0.2) is 104 Å². The van der Waals surface area contributed by atoms with Gasteiger partial charge < -0.3 is 4.90 Å². The Hall–Kier alpha value is -4.36. The van der Waals surface area contributed by atoms with E-state index >= 15 is 0 Å². The molecule has 0 radical (unpaired) electrons. The average Bonchev–Trinajstić information content (AvgIpc) is 3.42. The van der Waals surface area contributed by atoms with Crippen molar-refractivity contribution in [3.63, 3.8) is 0 Å². The Labute approximate surface area is 224 Å². The van der Waals surface area contributed by atoms with Crippen LogP contribution in [0.25, 0.3) is 27.8 Å². The van der Waals surface area contributed by atoms with Gasteiger partial charge in [0.25, 0.3) is 0 Å². The highest BCUT2D eigenvalue weighted by Gasteiger charge is 2.39. The molecule has 3 aliphatic rings. The molecule has 1 nitrogen and oxygen atoms in total. The summed E-state index contributed by atoms with van der Waals surface area (Å²) in [6.45, 7) is 11.5. The van der Waals surface area contributed by atoms with Gasteiger partial charge in [0.1, 0.15) is 0 Å². The van der Waals surface area contributed by atoms with E-state index in [2.05, 4.69) is 129 Å². The van der Waals surface area contributed by atoms with Gasteiger partial charge in [0.2, 0.25) is 0 Å². The second kappa shape index (κ2) is 7.36. The zero-order valence-corrected chi connectivity index (χ0v) is 22.1. The van der Waals surface area contributed by atoms with Gasteiger partial charge in [-0.05, 0) is 80.8 Å². The van der Waals surface area contributed by atoms with Gasteiger partial charge in [0, 0.05) is 23.0 Å². The second-order valence-electron chi connectivity index (χ2n) is 11.5. The summed E-state index contributed by atoms with van der Waals surface area (Å²) in [5, 5.41) is 0. The molecule has 182 valence electrons. The summed E-state index contributed by atoms with van der Waals surface area (Å²) in [5.41, 5.74) is 19.9. The molecular formula is C37H29N. The number of hydrogen-bond acceptors (Lipinski definition) is 1. The van der Waals surface area contributed by atoms with Gasteiger partial charge in [0.05, 0.1) is 17.1 Å². The van der Waals surface area contributed by atoms with E-state index in [0.717, 1.165) is 12.0 Å². The van der Waals surface area contributed by atoms with Gasteiger partial charge in [-0.25, -0.2) is 0 Å². The number of nitrogens with zero attached hydrogens (tertiary/aromatic N) is 1. The van der Waals surface area contributed by atoms with Gasteiger partial charge >= 0.3 is 0 Å². The summed E-state index contributed by atoms with van der Waals surface area (Å²) >= 11 is 0. The summed E-state index contributed by atoms with van der Waals surface area (Å²) in [4.78, 5) is 2.48. The van der Waals surface area contributed by atoms with E-state index in [4.69, 9.17) is 0 Å². The van der Waals surface area contributed by atoms with Crippen LogP contribution in [0.1, 0.15) is 52.8 Å². The van der Waals surface area contributed by atoms with Crippen LogP contribution in [0.5, 0.6) is 0 Å². The van der Waals surface area contributed by atoms with Gasteiger partial charge in [-0.3, -0.25) is 0 Å². The fourth-order valence-electron chi connectivity index (χ4n) is 7.38. The third-order valence-electron chi connectivity index (χ3n) is 9.16. The van der Waals surface area contributed by atoms with Crippen molar-refractivity contribution in [3.8, 4) is 22.3 Å². The standard InChI is InChI=1S/C37H29N/c1-22-11-9-18-34-35(22)23(2)24-12-6-8-16-32(24)38(34)33-17-10-14-25-26-19-20-31-36(29(26)21-28(25)33)27-13-5-7-15-30(27)37(31,3)4/h5-20H,2,21H2,1,3-4H3. The molecule has 0 saturated carbocycles. The zero-order valence-electron chi connectivity index (χ0n) is 22.1. The minimum absolute atomic E-state index is 0.0151. The molecule has 0 bridgehead atoms. The largest absolute Gasteiger partial charge is 0.309 e. The molecule has 2 aliphatic carbocycles. The van der Waals surface area contributed by atoms with Crippen LogP contribution in [0.4, 0.5) is 17.1 Å². The Kier molecular flexibility index (Phi) is 4.20. The smallest absolute Gasteiger partial charge is 0.0543 e. The van der Waals surface area contributed by atoms with E-state index in [9.17, 15) is 0 Å². The lowest BCUT2D eigenvalue weighted by Gasteiger charge is -2.36. The van der Waals surface area contributed by atoms with Crippen LogP contribution in [0.3, 0.4) is 0 Å². The van der Waals surface area contributed by atoms with Crippen LogP contribution < -0.4 is 4.90 Å². The van der Waals surface area contributed by atoms with Crippen molar-refractivity contribution in [1.82, 2.24) is 0 Å². The fourth-order valence-corrected chi connectivity index (χ4v) is 7.38. The molecule has 0 N–H and O–H groups in total. The quantitative estimate of drug-likeness (QED) is 0.223. The fraction of sp³-hybridized carbons (Fsp3) is 0.135. The zero-order chi connectivity index (χ0) is 25.8. The highest BCUT2D eigenvalue weighted by molar-refractivity contribution is 6.03. The molecule has 5 aromatic rings. The molecule has 8 rings (SSSR count). The normalized spacial score (nSPS) is 15.3. The van der Waals surface area contributed by atoms with Gasteiger partial charge in [-0.1, -0.05) is 99.3 Å². The molecule has 0 atom stereocenters. The number of para-hydroxylation sites is 1. The van der Waals surface area contributed by atoms with E-state index in [-0.39, 0.29) is 5.41 Å². The lowest BCUT2D eigenvalue weighted by Crippen LogP contribution is -2.19. The molecule has 0 unspecified atom stereocenters. The first-order valence-corrected chi connectivity index (χ1v) is 13.5. The molecule has 0 amide bonds. The average molecular weight is 488 g/mol. The Bertz CT molecular complexity index is 1850. The summed E-state index contributed by atoms with van der Waals surface area (Å²) in [6, 6.07) is 36.0. The molecule has 0 aromatic heterocycles. The predicted octanol–water partition coefficient (Wildman–Crippen LogP) is 9.72. The van der Waals surface area contributed by atoms with Gasteiger partial charge in [0.15, 0.2) is 0 Å². The van der Waals surface area contributed by atoms with Crippen molar-refractivity contribution in [2.45, 2.75) is 32.6 Å². The molecule has 1 heteroatoms. The third kappa shape index (κ3) is 2.61. The van der Waals surface area contributed by atoms with Crippen molar-refractivity contribution in [2.24, 2.45) is 0 Å². The SMILES string of the molecule is C=C1c2ccccc2N(c2cccc3c2Cc2c-3ccc3c2-c2ccccc2C3(C)C)c2cccc(C)c21. The lowest BCUT2D eigenvalue weighted by molar-refractivity contribution is 0.660. The van der Waals surface area contributed by atoms with Crippen LogP contribution in [0.2, 0.25) is 0 Å². The number of aryl methyl sites for hydroxylation is 1. The summed E-state index contributed by atoms with van der Waals surface area (Å²) in [6.07, 6.45) is 0.940. The number of fused-ring (bicyclic) bond motifs is 9. The van der Waals surface area contributed by atoms with E-state index in [0.29, 0.717) is 0 Å². The molecule has 1 heterocycles. The first kappa shape index (κ1) is 21.7. The van der Waals surface area contributed by atoms with Crippen LogP contribution in [-0.4, -0.2) is 0 Å². The van der Waals surface area contributed by atoms with Gasteiger partial charge in [-0.15, -0.1) is 0 Å². The molecule has 5 aromatic carbocycles. The Morgan fingerprint density at radius 3 is 2.11 bits per heavy atom.